The Bertz CT molecular complexity index is 1390. The zero-order valence-corrected chi connectivity index (χ0v) is 23.4. The van der Waals surface area contributed by atoms with Gasteiger partial charge in [-0.05, 0) is 52.0 Å². The molecule has 4 rings (SSSR count). The maximum absolute atomic E-state index is 15.0. The van der Waals surface area contributed by atoms with Gasteiger partial charge in [0, 0.05) is 35.6 Å². The second-order valence-electron chi connectivity index (χ2n) is 11.0. The molecule has 2 aromatic heterocycles. The van der Waals surface area contributed by atoms with Crippen LogP contribution in [-0.4, -0.2) is 56.6 Å². The minimum atomic E-state index is -0.803. The number of nitrogens with one attached hydrogen (secondary N) is 1. The van der Waals surface area contributed by atoms with E-state index >= 15 is 0 Å². The van der Waals surface area contributed by atoms with Crippen molar-refractivity contribution in [2.75, 3.05) is 18.4 Å². The zero-order valence-electron chi connectivity index (χ0n) is 23.4. The van der Waals surface area contributed by atoms with Crippen molar-refractivity contribution in [3.05, 3.63) is 71.6 Å². The minimum Gasteiger partial charge on any atom is -0.444 e. The Morgan fingerprint density at radius 3 is 2.42 bits per heavy atom. The number of nitrogens with zero attached hydrogens (tertiary/aromatic N) is 4. The fourth-order valence-corrected chi connectivity index (χ4v) is 4.30. The smallest absolute Gasteiger partial charge is 0.410 e. The quantitative estimate of drug-likeness (QED) is 0.420. The molecule has 1 unspecified atom stereocenters. The van der Waals surface area contributed by atoms with Gasteiger partial charge in [0.1, 0.15) is 29.2 Å². The van der Waals surface area contributed by atoms with Crippen molar-refractivity contribution >= 4 is 17.7 Å². The highest BCUT2D eigenvalue weighted by Gasteiger charge is 2.35. The largest absolute Gasteiger partial charge is 0.444 e. The molecule has 1 aliphatic heterocycles. The highest BCUT2D eigenvalue weighted by Crippen LogP contribution is 2.38. The van der Waals surface area contributed by atoms with Crippen LogP contribution in [0.4, 0.5) is 19.3 Å². The van der Waals surface area contributed by atoms with Crippen LogP contribution >= 0.6 is 0 Å². The maximum atomic E-state index is 15.0. The monoisotopic (exact) mass is 553 g/mol. The van der Waals surface area contributed by atoms with Crippen molar-refractivity contribution in [1.82, 2.24) is 19.9 Å². The van der Waals surface area contributed by atoms with Gasteiger partial charge in [-0.25, -0.2) is 23.5 Å². The second-order valence-corrected chi connectivity index (χ2v) is 11.0. The van der Waals surface area contributed by atoms with E-state index in [-0.39, 0.29) is 47.1 Å². The number of morpholine rings is 1. The molecule has 40 heavy (non-hydrogen) atoms. The van der Waals surface area contributed by atoms with E-state index in [9.17, 15) is 18.4 Å². The Labute approximate surface area is 231 Å². The van der Waals surface area contributed by atoms with Gasteiger partial charge >= 0.3 is 6.09 Å². The summed E-state index contributed by atoms with van der Waals surface area (Å²) in [4.78, 5) is 40.7. The lowest BCUT2D eigenvalue weighted by molar-refractivity contribution is -0.0828. The predicted molar refractivity (Wildman–Crippen MR) is 145 cm³/mol. The number of anilines is 1. The lowest BCUT2D eigenvalue weighted by Gasteiger charge is -2.37. The summed E-state index contributed by atoms with van der Waals surface area (Å²) in [6, 6.07) is 4.55. The SMILES string of the molecule is CC(C)c1ncc(C(=O)Nc2c(-c3cc(F)ccc3F)ccnc2C2CN(C(=O)OC(C)(C)C)C[C@@H](C)O2)cn1. The summed E-state index contributed by atoms with van der Waals surface area (Å²) in [7, 11) is 0. The number of pyridine rings is 1. The van der Waals surface area contributed by atoms with Gasteiger partial charge in [0.2, 0.25) is 0 Å². The van der Waals surface area contributed by atoms with Crippen LogP contribution in [0.25, 0.3) is 11.1 Å². The number of aromatic nitrogens is 3. The maximum Gasteiger partial charge on any atom is 0.410 e. The van der Waals surface area contributed by atoms with Crippen molar-refractivity contribution in [1.29, 1.82) is 0 Å². The molecule has 1 saturated heterocycles. The minimum absolute atomic E-state index is 0.0659. The Balaban J connectivity index is 1.76. The van der Waals surface area contributed by atoms with E-state index in [4.69, 9.17) is 9.47 Å². The third-order valence-electron chi connectivity index (χ3n) is 6.10. The van der Waals surface area contributed by atoms with Crippen LogP contribution in [0.5, 0.6) is 0 Å². The third kappa shape index (κ3) is 6.77. The van der Waals surface area contributed by atoms with Crippen molar-refractivity contribution in [2.45, 2.75) is 65.3 Å². The van der Waals surface area contributed by atoms with Crippen LogP contribution in [0.2, 0.25) is 0 Å². The van der Waals surface area contributed by atoms with Gasteiger partial charge in [-0.15, -0.1) is 0 Å². The molecule has 0 radical (unpaired) electrons. The van der Waals surface area contributed by atoms with E-state index in [0.29, 0.717) is 5.82 Å². The molecule has 3 heterocycles. The van der Waals surface area contributed by atoms with Crippen LogP contribution in [0.3, 0.4) is 0 Å². The van der Waals surface area contributed by atoms with Crippen LogP contribution in [-0.2, 0) is 9.47 Å². The summed E-state index contributed by atoms with van der Waals surface area (Å²) in [6.07, 6.45) is 2.50. The fraction of sp³-hybridized carbons (Fsp3) is 0.414. The first-order valence-electron chi connectivity index (χ1n) is 13.0. The van der Waals surface area contributed by atoms with Crippen molar-refractivity contribution in [2.24, 2.45) is 0 Å². The molecular formula is C29H33F2N5O4. The molecule has 1 aromatic carbocycles. The van der Waals surface area contributed by atoms with Crippen molar-refractivity contribution in [3.8, 4) is 11.1 Å². The average molecular weight is 554 g/mol. The Kier molecular flexibility index (Phi) is 8.43. The lowest BCUT2D eigenvalue weighted by Crippen LogP contribution is -2.48. The van der Waals surface area contributed by atoms with Gasteiger partial charge in [0.15, 0.2) is 0 Å². The Hall–Kier alpha value is -3.99. The van der Waals surface area contributed by atoms with E-state index in [2.05, 4.69) is 20.3 Å². The number of halogens is 2. The van der Waals surface area contributed by atoms with Crippen LogP contribution in [0, 0.1) is 11.6 Å². The first-order valence-corrected chi connectivity index (χ1v) is 13.0. The van der Waals surface area contributed by atoms with E-state index in [1.807, 2.05) is 13.8 Å². The highest BCUT2D eigenvalue weighted by atomic mass is 19.1. The molecule has 2 atom stereocenters. The number of benzene rings is 1. The molecule has 2 amide bonds. The number of hydrogen-bond acceptors (Lipinski definition) is 7. The number of ether oxygens (including phenoxy) is 2. The molecule has 0 bridgehead atoms. The van der Waals surface area contributed by atoms with Crippen LogP contribution in [0.15, 0.2) is 42.9 Å². The molecule has 1 fully saturated rings. The topological polar surface area (TPSA) is 107 Å². The number of rotatable bonds is 5. The summed E-state index contributed by atoms with van der Waals surface area (Å²) >= 11 is 0. The van der Waals surface area contributed by atoms with Crippen molar-refractivity contribution < 1.29 is 27.8 Å². The number of carbonyl (C=O) groups is 2. The number of amides is 2. The number of hydrogen-bond donors (Lipinski definition) is 1. The molecule has 11 heteroatoms. The first kappa shape index (κ1) is 29.0. The van der Waals surface area contributed by atoms with E-state index in [1.54, 1.807) is 27.7 Å². The van der Waals surface area contributed by atoms with Crippen LogP contribution < -0.4 is 5.32 Å². The van der Waals surface area contributed by atoms with Crippen LogP contribution in [0.1, 0.15) is 75.4 Å². The molecule has 9 nitrogen and oxygen atoms in total. The Morgan fingerprint density at radius 1 is 1.07 bits per heavy atom. The third-order valence-corrected chi connectivity index (χ3v) is 6.10. The average Bonchev–Trinajstić information content (AvgIpc) is 2.89. The molecule has 0 saturated carbocycles. The lowest BCUT2D eigenvalue weighted by atomic mass is 9.99. The van der Waals surface area contributed by atoms with Gasteiger partial charge in [-0.2, -0.15) is 0 Å². The molecule has 3 aromatic rings. The second kappa shape index (κ2) is 11.6. The summed E-state index contributed by atoms with van der Waals surface area (Å²) in [5.41, 5.74) is -0.0484. The summed E-state index contributed by atoms with van der Waals surface area (Å²) in [5.74, 6) is -1.26. The molecule has 0 aliphatic carbocycles. The van der Waals surface area contributed by atoms with Gasteiger partial charge in [0.05, 0.1) is 36.1 Å². The summed E-state index contributed by atoms with van der Waals surface area (Å²) in [5, 5.41) is 2.80. The Morgan fingerprint density at radius 2 is 1.77 bits per heavy atom. The summed E-state index contributed by atoms with van der Waals surface area (Å²) in [6.45, 7) is 11.3. The van der Waals surface area contributed by atoms with Gasteiger partial charge in [-0.3, -0.25) is 9.78 Å². The van der Waals surface area contributed by atoms with Crippen molar-refractivity contribution in [3.63, 3.8) is 0 Å². The molecule has 212 valence electrons. The normalized spacial score (nSPS) is 17.6. The van der Waals surface area contributed by atoms with E-state index < -0.39 is 41.4 Å². The molecule has 1 aliphatic rings. The van der Waals surface area contributed by atoms with E-state index in [1.165, 1.54) is 29.6 Å². The van der Waals surface area contributed by atoms with Gasteiger partial charge < -0.3 is 19.7 Å². The standard InChI is InChI=1S/C29H33F2N5O4/c1-16(2)26-33-12-18(13-34-26)27(37)35-24-20(21-11-19(30)7-8-22(21)31)9-10-32-25(24)23-15-36(14-17(3)39-23)28(38)40-29(4,5)6/h7-13,16-17,23H,14-15H2,1-6H3,(H,35,37)/t17-,23?/m1/s1. The first-order chi connectivity index (χ1) is 18.8. The zero-order chi connectivity index (χ0) is 29.2. The number of carbonyl (C=O) groups excluding carboxylic acids is 2. The molecular weight excluding hydrogens is 520 g/mol. The molecule has 1 N–H and O–H groups in total. The van der Waals surface area contributed by atoms with E-state index in [0.717, 1.165) is 18.2 Å². The molecule has 0 spiro atoms. The predicted octanol–water partition coefficient (Wildman–Crippen LogP) is 5.89. The van der Waals surface area contributed by atoms with Gasteiger partial charge in [-0.1, -0.05) is 13.8 Å². The summed E-state index contributed by atoms with van der Waals surface area (Å²) < 4.78 is 40.9. The fourth-order valence-electron chi connectivity index (χ4n) is 4.30. The highest BCUT2D eigenvalue weighted by molar-refractivity contribution is 6.06. The van der Waals surface area contributed by atoms with Gasteiger partial charge in [0.25, 0.3) is 5.91 Å².